The zero-order chi connectivity index (χ0) is 20.2. The van der Waals surface area contributed by atoms with Crippen LogP contribution in [0.3, 0.4) is 0 Å². The van der Waals surface area contributed by atoms with Gasteiger partial charge in [-0.3, -0.25) is 4.79 Å². The lowest BCUT2D eigenvalue weighted by molar-refractivity contribution is 0.0239. The summed E-state index contributed by atoms with van der Waals surface area (Å²) in [5.41, 5.74) is 0.0484. The average molecular weight is 418 g/mol. The molecule has 0 unspecified atom stereocenters. The van der Waals surface area contributed by atoms with Crippen LogP contribution in [0.5, 0.6) is 5.88 Å². The van der Waals surface area contributed by atoms with E-state index >= 15 is 0 Å². The van der Waals surface area contributed by atoms with Crippen LogP contribution < -0.4 is 10.1 Å². The number of amides is 1. The zero-order valence-corrected chi connectivity index (χ0v) is 15.9. The maximum Gasteiger partial charge on any atom is 0.275 e. The number of halogens is 2. The van der Waals surface area contributed by atoms with E-state index in [-0.39, 0.29) is 33.9 Å². The summed E-state index contributed by atoms with van der Waals surface area (Å²) >= 11 is 0.974. The number of benzene rings is 1. The molecule has 2 aromatic heterocycles. The van der Waals surface area contributed by atoms with E-state index in [2.05, 4.69) is 20.3 Å². The van der Waals surface area contributed by atoms with Gasteiger partial charge in [0.15, 0.2) is 0 Å². The molecule has 0 bridgehead atoms. The Bertz CT molecular complexity index is 1000. The van der Waals surface area contributed by atoms with Gasteiger partial charge < -0.3 is 14.8 Å². The summed E-state index contributed by atoms with van der Waals surface area (Å²) < 4.78 is 39.1. The molecule has 1 aromatic carbocycles. The number of nitrogens with zero attached hydrogens (tertiary/aromatic N) is 3. The highest BCUT2D eigenvalue weighted by molar-refractivity contribution is 7.13. The molecule has 3 aromatic rings. The van der Waals surface area contributed by atoms with E-state index in [9.17, 15) is 13.6 Å². The third-order valence-electron chi connectivity index (χ3n) is 4.28. The lowest BCUT2D eigenvalue weighted by Gasteiger charge is -2.23. The van der Waals surface area contributed by atoms with Crippen LogP contribution in [0.15, 0.2) is 36.1 Å². The number of anilines is 1. The summed E-state index contributed by atoms with van der Waals surface area (Å²) in [5.74, 6) is -1.79. The number of aromatic nitrogens is 3. The maximum atomic E-state index is 14.0. The summed E-state index contributed by atoms with van der Waals surface area (Å²) in [6.45, 7) is 1.21. The Hall–Kier alpha value is -2.98. The van der Waals surface area contributed by atoms with Gasteiger partial charge in [0.05, 0.1) is 25.0 Å². The van der Waals surface area contributed by atoms with E-state index < -0.39 is 17.5 Å². The third kappa shape index (κ3) is 4.38. The Labute approximate surface area is 168 Å². The Kier molecular flexibility index (Phi) is 5.72. The lowest BCUT2D eigenvalue weighted by Crippen LogP contribution is -2.27. The number of hydrogen-bond donors (Lipinski definition) is 1. The minimum absolute atomic E-state index is 0.0218. The van der Waals surface area contributed by atoms with Crippen molar-refractivity contribution >= 4 is 22.9 Å². The third-order valence-corrected chi connectivity index (χ3v) is 5.14. The molecular weight excluding hydrogens is 402 g/mol. The van der Waals surface area contributed by atoms with Crippen molar-refractivity contribution in [3.8, 4) is 16.5 Å². The number of carbonyl (C=O) groups excluding carboxylic acids is 1. The number of nitrogens with one attached hydrogen (secondary N) is 1. The van der Waals surface area contributed by atoms with Gasteiger partial charge in [-0.2, -0.15) is 4.98 Å². The second-order valence-corrected chi connectivity index (χ2v) is 7.12. The zero-order valence-electron chi connectivity index (χ0n) is 15.1. The first-order valence-corrected chi connectivity index (χ1v) is 9.75. The molecule has 0 spiro atoms. The maximum absolute atomic E-state index is 14.0. The lowest BCUT2D eigenvalue weighted by atomic mass is 10.1. The molecule has 1 fully saturated rings. The summed E-state index contributed by atoms with van der Waals surface area (Å²) in [5, 5.41) is 4.15. The van der Waals surface area contributed by atoms with Gasteiger partial charge in [-0.15, -0.1) is 11.3 Å². The van der Waals surface area contributed by atoms with Crippen molar-refractivity contribution in [1.29, 1.82) is 0 Å². The Morgan fingerprint density at radius 1 is 1.24 bits per heavy atom. The molecule has 150 valence electrons. The number of hydrogen-bond acceptors (Lipinski definition) is 7. The van der Waals surface area contributed by atoms with Gasteiger partial charge in [-0.25, -0.2) is 18.7 Å². The van der Waals surface area contributed by atoms with E-state index in [0.29, 0.717) is 13.2 Å². The minimum atomic E-state index is -0.741. The van der Waals surface area contributed by atoms with Gasteiger partial charge >= 0.3 is 0 Å². The van der Waals surface area contributed by atoms with Crippen LogP contribution in [0.25, 0.3) is 10.6 Å². The summed E-state index contributed by atoms with van der Waals surface area (Å²) in [4.78, 5) is 24.7. The quantitative estimate of drug-likeness (QED) is 0.680. The molecule has 1 aliphatic rings. The summed E-state index contributed by atoms with van der Waals surface area (Å²) in [6, 6.07) is 3.55. The van der Waals surface area contributed by atoms with Gasteiger partial charge in [0.2, 0.25) is 5.88 Å². The largest absolute Gasteiger partial charge is 0.473 e. The Balaban J connectivity index is 1.51. The fourth-order valence-corrected chi connectivity index (χ4v) is 3.68. The highest BCUT2D eigenvalue weighted by Crippen LogP contribution is 2.30. The van der Waals surface area contributed by atoms with Crippen LogP contribution in [-0.2, 0) is 4.74 Å². The predicted octanol–water partition coefficient (Wildman–Crippen LogP) is 3.69. The van der Waals surface area contributed by atoms with Gasteiger partial charge in [-0.1, -0.05) is 6.07 Å². The van der Waals surface area contributed by atoms with Crippen LogP contribution in [0.2, 0.25) is 0 Å². The molecule has 0 atom stereocenters. The SMILES string of the molecule is O=C(Nc1cncnc1OC1CCOCC1)c1csc(-c2c(F)cccc2F)n1. The first-order valence-electron chi connectivity index (χ1n) is 8.87. The van der Waals surface area contributed by atoms with E-state index in [1.165, 1.54) is 24.0 Å². The second-order valence-electron chi connectivity index (χ2n) is 6.26. The summed E-state index contributed by atoms with van der Waals surface area (Å²) in [7, 11) is 0. The van der Waals surface area contributed by atoms with Gasteiger partial charge in [0.1, 0.15) is 40.5 Å². The molecule has 0 saturated carbocycles. The smallest absolute Gasteiger partial charge is 0.275 e. The Morgan fingerprint density at radius 3 is 2.76 bits per heavy atom. The molecule has 7 nitrogen and oxygen atoms in total. The van der Waals surface area contributed by atoms with Crippen LogP contribution in [0.4, 0.5) is 14.5 Å². The molecule has 0 aliphatic carbocycles. The molecule has 1 aliphatic heterocycles. The van der Waals surface area contributed by atoms with Crippen molar-refractivity contribution < 1.29 is 23.0 Å². The van der Waals surface area contributed by atoms with Crippen molar-refractivity contribution in [2.75, 3.05) is 18.5 Å². The van der Waals surface area contributed by atoms with Crippen molar-refractivity contribution in [1.82, 2.24) is 15.0 Å². The van der Waals surface area contributed by atoms with Crippen molar-refractivity contribution in [2.45, 2.75) is 18.9 Å². The molecular formula is C19H16F2N4O3S. The number of ether oxygens (including phenoxy) is 2. The standard InChI is InChI=1S/C19H16F2N4O3S/c20-12-2-1-3-13(21)16(12)19-25-15(9-29-19)17(26)24-14-8-22-10-23-18(14)28-11-4-6-27-7-5-11/h1-3,8-11H,4-7H2,(H,24,26). The highest BCUT2D eigenvalue weighted by Gasteiger charge is 2.21. The van der Waals surface area contributed by atoms with E-state index in [4.69, 9.17) is 9.47 Å². The van der Waals surface area contributed by atoms with Crippen LogP contribution >= 0.6 is 11.3 Å². The highest BCUT2D eigenvalue weighted by atomic mass is 32.1. The van der Waals surface area contributed by atoms with Crippen molar-refractivity contribution in [3.05, 3.63) is 53.4 Å². The van der Waals surface area contributed by atoms with Crippen molar-refractivity contribution in [2.24, 2.45) is 0 Å². The molecule has 29 heavy (non-hydrogen) atoms. The van der Waals surface area contributed by atoms with E-state index in [0.717, 1.165) is 36.3 Å². The number of carbonyl (C=O) groups is 1. The minimum Gasteiger partial charge on any atom is -0.473 e. The van der Waals surface area contributed by atoms with Gasteiger partial charge in [0, 0.05) is 18.2 Å². The molecule has 10 heteroatoms. The first kappa shape index (κ1) is 19.3. The molecule has 1 N–H and O–H groups in total. The molecule has 1 saturated heterocycles. The average Bonchev–Trinajstić information content (AvgIpc) is 3.20. The topological polar surface area (TPSA) is 86.2 Å². The number of thiazole rings is 1. The van der Waals surface area contributed by atoms with E-state index in [1.807, 2.05) is 0 Å². The monoisotopic (exact) mass is 418 g/mol. The molecule has 1 amide bonds. The van der Waals surface area contributed by atoms with E-state index in [1.54, 1.807) is 0 Å². The Morgan fingerprint density at radius 2 is 2.00 bits per heavy atom. The number of rotatable bonds is 5. The normalized spacial score (nSPS) is 14.6. The van der Waals surface area contributed by atoms with Crippen LogP contribution in [-0.4, -0.2) is 40.2 Å². The molecule has 0 radical (unpaired) electrons. The van der Waals surface area contributed by atoms with Gasteiger partial charge in [0.25, 0.3) is 5.91 Å². The van der Waals surface area contributed by atoms with Crippen LogP contribution in [0.1, 0.15) is 23.3 Å². The summed E-state index contributed by atoms with van der Waals surface area (Å²) in [6.07, 6.45) is 4.13. The van der Waals surface area contributed by atoms with Gasteiger partial charge in [-0.05, 0) is 12.1 Å². The first-order chi connectivity index (χ1) is 14.1. The van der Waals surface area contributed by atoms with Crippen LogP contribution in [0, 0.1) is 11.6 Å². The van der Waals surface area contributed by atoms with Crippen molar-refractivity contribution in [3.63, 3.8) is 0 Å². The second kappa shape index (κ2) is 8.58. The molecule has 4 rings (SSSR count). The fourth-order valence-electron chi connectivity index (χ4n) is 2.83. The predicted molar refractivity (Wildman–Crippen MR) is 102 cm³/mol. The molecule has 3 heterocycles. The fraction of sp³-hybridized carbons (Fsp3) is 0.263.